The van der Waals surface area contributed by atoms with Gasteiger partial charge in [0.15, 0.2) is 0 Å². The topological polar surface area (TPSA) is 18.5 Å². The van der Waals surface area contributed by atoms with Gasteiger partial charge in [-0.15, -0.1) is 0 Å². The van der Waals surface area contributed by atoms with E-state index in [9.17, 15) is 0 Å². The first-order chi connectivity index (χ1) is 7.85. The highest BCUT2D eigenvalue weighted by Gasteiger charge is 2.32. The molecular formula is C13H27N3. The van der Waals surface area contributed by atoms with Crippen molar-refractivity contribution in [1.29, 1.82) is 0 Å². The van der Waals surface area contributed by atoms with E-state index in [0.717, 1.165) is 12.1 Å². The van der Waals surface area contributed by atoms with Gasteiger partial charge >= 0.3 is 0 Å². The van der Waals surface area contributed by atoms with Crippen molar-refractivity contribution in [2.45, 2.75) is 44.7 Å². The largest absolute Gasteiger partial charge is 0.315 e. The van der Waals surface area contributed by atoms with E-state index in [2.05, 4.69) is 29.1 Å². The van der Waals surface area contributed by atoms with E-state index in [-0.39, 0.29) is 0 Å². The van der Waals surface area contributed by atoms with E-state index in [0.29, 0.717) is 0 Å². The molecule has 0 aromatic carbocycles. The molecule has 1 saturated heterocycles. The standard InChI is InChI=1S/C13H27N3/c1-3-7-15-8-10-16(11-9-15)13-6-4-5-12(13)14-2/h12-14H,3-11H2,1-2H3. The Balaban J connectivity index is 1.79. The van der Waals surface area contributed by atoms with Crippen molar-refractivity contribution in [3.05, 3.63) is 0 Å². The van der Waals surface area contributed by atoms with Gasteiger partial charge in [0.1, 0.15) is 0 Å². The lowest BCUT2D eigenvalue weighted by Gasteiger charge is -2.40. The van der Waals surface area contributed by atoms with Crippen LogP contribution >= 0.6 is 0 Å². The Morgan fingerprint density at radius 2 is 1.88 bits per heavy atom. The highest BCUT2D eigenvalue weighted by atomic mass is 15.3. The molecule has 2 rings (SSSR count). The van der Waals surface area contributed by atoms with Gasteiger partial charge in [-0.25, -0.2) is 0 Å². The lowest BCUT2D eigenvalue weighted by atomic mass is 10.1. The number of likely N-dealkylation sites (N-methyl/N-ethyl adjacent to an activating group) is 1. The van der Waals surface area contributed by atoms with Crippen molar-refractivity contribution < 1.29 is 0 Å². The Kier molecular flexibility index (Phi) is 4.62. The summed E-state index contributed by atoms with van der Waals surface area (Å²) in [7, 11) is 2.12. The minimum Gasteiger partial charge on any atom is -0.315 e. The maximum absolute atomic E-state index is 3.49. The Morgan fingerprint density at radius 1 is 1.12 bits per heavy atom. The third-order valence-electron chi connectivity index (χ3n) is 4.27. The highest BCUT2D eigenvalue weighted by molar-refractivity contribution is 4.91. The van der Waals surface area contributed by atoms with Gasteiger partial charge < -0.3 is 10.2 Å². The molecule has 1 aliphatic heterocycles. The molecule has 2 aliphatic rings. The Bertz CT molecular complexity index is 199. The molecule has 0 spiro atoms. The first-order valence-electron chi connectivity index (χ1n) is 6.98. The van der Waals surface area contributed by atoms with E-state index in [1.807, 2.05) is 0 Å². The van der Waals surface area contributed by atoms with Gasteiger partial charge in [-0.05, 0) is 32.9 Å². The van der Waals surface area contributed by atoms with Crippen LogP contribution in [-0.4, -0.2) is 61.7 Å². The molecule has 3 heteroatoms. The van der Waals surface area contributed by atoms with Crippen LogP contribution in [0, 0.1) is 0 Å². The smallest absolute Gasteiger partial charge is 0.0250 e. The summed E-state index contributed by atoms with van der Waals surface area (Å²) in [6, 6.07) is 1.56. The Hall–Kier alpha value is -0.120. The van der Waals surface area contributed by atoms with Crippen molar-refractivity contribution in [3.63, 3.8) is 0 Å². The average Bonchev–Trinajstić information content (AvgIpc) is 2.78. The van der Waals surface area contributed by atoms with E-state index in [1.54, 1.807) is 0 Å². The highest BCUT2D eigenvalue weighted by Crippen LogP contribution is 2.24. The maximum atomic E-state index is 3.49. The number of rotatable bonds is 4. The zero-order valence-electron chi connectivity index (χ0n) is 10.9. The van der Waals surface area contributed by atoms with Crippen LogP contribution in [0.25, 0.3) is 0 Å². The van der Waals surface area contributed by atoms with Gasteiger partial charge in [0.2, 0.25) is 0 Å². The first-order valence-corrected chi connectivity index (χ1v) is 6.98. The molecule has 0 aromatic heterocycles. The van der Waals surface area contributed by atoms with Crippen LogP contribution in [0.15, 0.2) is 0 Å². The zero-order chi connectivity index (χ0) is 11.4. The fourth-order valence-corrected chi connectivity index (χ4v) is 3.35. The van der Waals surface area contributed by atoms with Gasteiger partial charge in [-0.2, -0.15) is 0 Å². The average molecular weight is 225 g/mol. The molecule has 94 valence electrons. The second-order valence-electron chi connectivity index (χ2n) is 5.27. The van der Waals surface area contributed by atoms with Crippen LogP contribution in [0.1, 0.15) is 32.6 Å². The van der Waals surface area contributed by atoms with Gasteiger partial charge in [-0.3, -0.25) is 4.90 Å². The van der Waals surface area contributed by atoms with Crippen molar-refractivity contribution in [1.82, 2.24) is 15.1 Å². The monoisotopic (exact) mass is 225 g/mol. The van der Waals surface area contributed by atoms with Crippen LogP contribution in [0.2, 0.25) is 0 Å². The fourth-order valence-electron chi connectivity index (χ4n) is 3.35. The van der Waals surface area contributed by atoms with Gasteiger partial charge in [0.25, 0.3) is 0 Å². The summed E-state index contributed by atoms with van der Waals surface area (Å²) >= 11 is 0. The number of nitrogens with zero attached hydrogens (tertiary/aromatic N) is 2. The SMILES string of the molecule is CCCN1CCN(C2CCCC2NC)CC1. The lowest BCUT2D eigenvalue weighted by molar-refractivity contribution is 0.0879. The third kappa shape index (κ3) is 2.76. The van der Waals surface area contributed by atoms with Crippen molar-refractivity contribution >= 4 is 0 Å². The summed E-state index contributed by atoms with van der Waals surface area (Å²) in [5.41, 5.74) is 0. The number of piperazine rings is 1. The summed E-state index contributed by atoms with van der Waals surface area (Å²) in [4.78, 5) is 5.33. The normalized spacial score (nSPS) is 33.4. The van der Waals surface area contributed by atoms with E-state index in [4.69, 9.17) is 0 Å². The Morgan fingerprint density at radius 3 is 2.50 bits per heavy atom. The fraction of sp³-hybridized carbons (Fsp3) is 1.00. The second kappa shape index (κ2) is 5.99. The minimum absolute atomic E-state index is 0.748. The molecule has 2 unspecified atom stereocenters. The van der Waals surface area contributed by atoms with Crippen LogP contribution < -0.4 is 5.32 Å². The molecule has 0 aromatic rings. The predicted molar refractivity (Wildman–Crippen MR) is 68.8 cm³/mol. The lowest BCUT2D eigenvalue weighted by Crippen LogP contribution is -2.54. The number of hydrogen-bond donors (Lipinski definition) is 1. The molecule has 2 atom stereocenters. The molecule has 0 radical (unpaired) electrons. The van der Waals surface area contributed by atoms with Gasteiger partial charge in [-0.1, -0.05) is 13.3 Å². The van der Waals surface area contributed by atoms with Crippen molar-refractivity contribution in [2.75, 3.05) is 39.8 Å². The molecule has 1 N–H and O–H groups in total. The summed E-state index contributed by atoms with van der Waals surface area (Å²) < 4.78 is 0. The maximum Gasteiger partial charge on any atom is 0.0250 e. The number of hydrogen-bond acceptors (Lipinski definition) is 3. The second-order valence-corrected chi connectivity index (χ2v) is 5.27. The quantitative estimate of drug-likeness (QED) is 0.774. The van der Waals surface area contributed by atoms with Crippen LogP contribution in [0.3, 0.4) is 0 Å². The van der Waals surface area contributed by atoms with Crippen LogP contribution in [0.4, 0.5) is 0 Å². The van der Waals surface area contributed by atoms with Crippen LogP contribution in [-0.2, 0) is 0 Å². The molecule has 1 heterocycles. The summed E-state index contributed by atoms with van der Waals surface area (Å²) in [5.74, 6) is 0. The number of nitrogens with one attached hydrogen (secondary N) is 1. The molecule has 3 nitrogen and oxygen atoms in total. The first kappa shape index (κ1) is 12.3. The van der Waals surface area contributed by atoms with Crippen molar-refractivity contribution in [2.24, 2.45) is 0 Å². The van der Waals surface area contributed by atoms with E-state index >= 15 is 0 Å². The summed E-state index contributed by atoms with van der Waals surface area (Å²) in [6.07, 6.45) is 5.48. The molecular weight excluding hydrogens is 198 g/mol. The van der Waals surface area contributed by atoms with E-state index in [1.165, 1.54) is 58.4 Å². The van der Waals surface area contributed by atoms with Gasteiger partial charge in [0, 0.05) is 38.3 Å². The molecule has 16 heavy (non-hydrogen) atoms. The molecule has 2 fully saturated rings. The van der Waals surface area contributed by atoms with Crippen molar-refractivity contribution in [3.8, 4) is 0 Å². The minimum atomic E-state index is 0.748. The molecule has 0 amide bonds. The van der Waals surface area contributed by atoms with Gasteiger partial charge in [0.05, 0.1) is 0 Å². The zero-order valence-corrected chi connectivity index (χ0v) is 10.9. The molecule has 1 saturated carbocycles. The summed E-state index contributed by atoms with van der Waals surface area (Å²) in [5, 5.41) is 3.49. The third-order valence-corrected chi connectivity index (χ3v) is 4.27. The summed E-state index contributed by atoms with van der Waals surface area (Å²) in [6.45, 7) is 8.68. The Labute approximate surface area is 100 Å². The van der Waals surface area contributed by atoms with Crippen LogP contribution in [0.5, 0.6) is 0 Å². The molecule has 0 bridgehead atoms. The molecule has 1 aliphatic carbocycles. The van der Waals surface area contributed by atoms with E-state index < -0.39 is 0 Å². The predicted octanol–water partition coefficient (Wildman–Crippen LogP) is 1.15.